The van der Waals surface area contributed by atoms with Crippen LogP contribution in [-0.2, 0) is 12.6 Å². The first-order chi connectivity index (χ1) is 11.2. The van der Waals surface area contributed by atoms with Gasteiger partial charge < -0.3 is 9.67 Å². The second kappa shape index (κ2) is 6.17. The van der Waals surface area contributed by atoms with Gasteiger partial charge in [-0.25, -0.2) is 8.78 Å². The van der Waals surface area contributed by atoms with Gasteiger partial charge in [0, 0.05) is 30.1 Å². The quantitative estimate of drug-likeness (QED) is 0.732. The Kier molecular flexibility index (Phi) is 4.49. The van der Waals surface area contributed by atoms with Crippen LogP contribution in [0.25, 0.3) is 6.20 Å². The monoisotopic (exact) mass is 349 g/mol. The van der Waals surface area contributed by atoms with Crippen molar-refractivity contribution in [2.45, 2.75) is 63.1 Å². The van der Waals surface area contributed by atoms with E-state index in [1.807, 2.05) is 6.08 Å². The lowest BCUT2D eigenvalue weighted by molar-refractivity contribution is -0.147. The molecular formula is C17H20F5NO. The van der Waals surface area contributed by atoms with Crippen molar-refractivity contribution >= 4 is 6.20 Å². The summed E-state index contributed by atoms with van der Waals surface area (Å²) in [6.07, 6.45) is 1.54. The van der Waals surface area contributed by atoms with Crippen molar-refractivity contribution in [3.05, 3.63) is 29.1 Å². The predicted octanol–water partition coefficient (Wildman–Crippen LogP) is 5.17. The fraction of sp³-hybridized carbons (Fsp3) is 0.647. The standard InChI is InChI=1S/C17H20F5NO/c18-16(19)8-6-13-14(15(16)24)12(17(20,21)22)10-23(13)9-7-11-4-2-1-3-5-11/h7,9-11,15,24H,1-6,8H2/b9-7+. The molecule has 0 bridgehead atoms. The van der Waals surface area contributed by atoms with Crippen LogP contribution < -0.4 is 0 Å². The van der Waals surface area contributed by atoms with Crippen molar-refractivity contribution in [2.75, 3.05) is 0 Å². The minimum absolute atomic E-state index is 0.132. The number of nitrogens with zero attached hydrogens (tertiary/aromatic N) is 1. The predicted molar refractivity (Wildman–Crippen MR) is 79.6 cm³/mol. The van der Waals surface area contributed by atoms with Crippen LogP contribution in [0.3, 0.4) is 0 Å². The number of halogens is 5. The Hall–Kier alpha value is -1.37. The summed E-state index contributed by atoms with van der Waals surface area (Å²) in [6.45, 7) is 0. The van der Waals surface area contributed by atoms with E-state index >= 15 is 0 Å². The molecule has 2 nitrogen and oxygen atoms in total. The summed E-state index contributed by atoms with van der Waals surface area (Å²) < 4.78 is 68.3. The summed E-state index contributed by atoms with van der Waals surface area (Å²) >= 11 is 0. The molecule has 1 N–H and O–H groups in total. The Morgan fingerprint density at radius 2 is 1.83 bits per heavy atom. The maximum atomic E-state index is 13.7. The molecule has 1 saturated carbocycles. The van der Waals surface area contributed by atoms with Crippen molar-refractivity contribution in [3.63, 3.8) is 0 Å². The zero-order chi connectivity index (χ0) is 17.5. The molecule has 7 heteroatoms. The Labute approximate surface area is 137 Å². The van der Waals surface area contributed by atoms with E-state index in [-0.39, 0.29) is 12.1 Å². The molecule has 2 aliphatic carbocycles. The summed E-state index contributed by atoms with van der Waals surface area (Å²) in [7, 11) is 0. The van der Waals surface area contributed by atoms with Crippen LogP contribution in [-0.4, -0.2) is 15.6 Å². The first kappa shape index (κ1) is 17.5. The molecule has 0 saturated heterocycles. The van der Waals surface area contributed by atoms with Crippen molar-refractivity contribution < 1.29 is 27.1 Å². The van der Waals surface area contributed by atoms with Crippen LogP contribution in [0.2, 0.25) is 0 Å². The Bertz CT molecular complexity index is 626. The highest BCUT2D eigenvalue weighted by molar-refractivity contribution is 5.45. The SMILES string of the molecule is OC1c2c(C(F)(F)F)cn(/C=C/C3CCCCC3)c2CCC1(F)F. The zero-order valence-electron chi connectivity index (χ0n) is 13.1. The second-order valence-corrected chi connectivity index (χ2v) is 6.71. The fourth-order valence-corrected chi connectivity index (χ4v) is 3.68. The van der Waals surface area contributed by atoms with Crippen molar-refractivity contribution in [1.29, 1.82) is 0 Å². The second-order valence-electron chi connectivity index (χ2n) is 6.71. The Balaban J connectivity index is 1.98. The maximum Gasteiger partial charge on any atom is 0.418 e. The molecule has 1 fully saturated rings. The van der Waals surface area contributed by atoms with Crippen LogP contribution in [0.15, 0.2) is 12.3 Å². The van der Waals surface area contributed by atoms with E-state index in [4.69, 9.17) is 0 Å². The van der Waals surface area contributed by atoms with E-state index in [1.54, 1.807) is 6.20 Å². The lowest BCUT2D eigenvalue weighted by atomic mass is 9.88. The van der Waals surface area contributed by atoms with E-state index in [2.05, 4.69) is 0 Å². The largest absolute Gasteiger partial charge is 0.418 e. The lowest BCUT2D eigenvalue weighted by Crippen LogP contribution is -2.33. The summed E-state index contributed by atoms with van der Waals surface area (Å²) in [5, 5.41) is 9.78. The maximum absolute atomic E-state index is 13.7. The van der Waals surface area contributed by atoms with E-state index in [0.29, 0.717) is 5.92 Å². The number of aliphatic hydroxyl groups excluding tert-OH is 1. The van der Waals surface area contributed by atoms with Crippen LogP contribution >= 0.6 is 0 Å². The van der Waals surface area contributed by atoms with Gasteiger partial charge in [0.2, 0.25) is 0 Å². The minimum Gasteiger partial charge on any atom is -0.382 e. The van der Waals surface area contributed by atoms with Gasteiger partial charge in [0.1, 0.15) is 6.10 Å². The van der Waals surface area contributed by atoms with Gasteiger partial charge in [0.15, 0.2) is 0 Å². The number of allylic oxidation sites excluding steroid dienone is 1. The molecule has 134 valence electrons. The third-order valence-electron chi connectivity index (χ3n) is 5.02. The van der Waals surface area contributed by atoms with E-state index in [1.165, 1.54) is 11.0 Å². The lowest BCUT2D eigenvalue weighted by Gasteiger charge is -2.29. The van der Waals surface area contributed by atoms with Gasteiger partial charge in [0.05, 0.1) is 5.56 Å². The van der Waals surface area contributed by atoms with Gasteiger partial charge in [-0.1, -0.05) is 25.3 Å². The summed E-state index contributed by atoms with van der Waals surface area (Å²) in [6, 6.07) is 0. The van der Waals surface area contributed by atoms with Crippen molar-refractivity contribution in [1.82, 2.24) is 4.57 Å². The number of aliphatic hydroxyl groups is 1. The summed E-state index contributed by atoms with van der Waals surface area (Å²) in [5.74, 6) is -3.23. The van der Waals surface area contributed by atoms with Gasteiger partial charge >= 0.3 is 6.18 Å². The van der Waals surface area contributed by atoms with Gasteiger partial charge in [-0.2, -0.15) is 13.2 Å². The average molecular weight is 349 g/mol. The van der Waals surface area contributed by atoms with Crippen LogP contribution in [0.1, 0.15) is 61.4 Å². The zero-order valence-corrected chi connectivity index (χ0v) is 13.1. The highest BCUT2D eigenvalue weighted by Crippen LogP contribution is 2.47. The molecule has 1 atom stereocenters. The molecule has 0 amide bonds. The molecule has 24 heavy (non-hydrogen) atoms. The third-order valence-corrected chi connectivity index (χ3v) is 5.02. The van der Waals surface area contributed by atoms with Gasteiger partial charge in [-0.05, 0) is 25.2 Å². The highest BCUT2D eigenvalue weighted by Gasteiger charge is 2.49. The molecule has 1 aromatic rings. The average Bonchev–Trinajstić information content (AvgIpc) is 2.89. The first-order valence-corrected chi connectivity index (χ1v) is 8.25. The molecule has 0 radical (unpaired) electrons. The summed E-state index contributed by atoms with van der Waals surface area (Å²) in [4.78, 5) is 0. The molecule has 1 aromatic heterocycles. The number of rotatable bonds is 2. The van der Waals surface area contributed by atoms with E-state index in [0.717, 1.165) is 31.9 Å². The molecule has 1 heterocycles. The van der Waals surface area contributed by atoms with Gasteiger partial charge in [-0.15, -0.1) is 0 Å². The Morgan fingerprint density at radius 1 is 1.17 bits per heavy atom. The number of hydrogen-bond donors (Lipinski definition) is 1. The molecule has 3 rings (SSSR count). The molecular weight excluding hydrogens is 329 g/mol. The van der Waals surface area contributed by atoms with Crippen LogP contribution in [0, 0.1) is 5.92 Å². The molecule has 1 unspecified atom stereocenters. The highest BCUT2D eigenvalue weighted by atomic mass is 19.4. The third kappa shape index (κ3) is 3.23. The molecule has 2 aliphatic rings. The van der Waals surface area contributed by atoms with Gasteiger partial charge in [0.25, 0.3) is 5.92 Å². The summed E-state index contributed by atoms with van der Waals surface area (Å²) in [5.41, 5.74) is -1.71. The molecule has 0 spiro atoms. The number of fused-ring (bicyclic) bond motifs is 1. The number of hydrogen-bond acceptors (Lipinski definition) is 1. The first-order valence-electron chi connectivity index (χ1n) is 8.25. The number of aromatic nitrogens is 1. The topological polar surface area (TPSA) is 25.2 Å². The van der Waals surface area contributed by atoms with E-state index in [9.17, 15) is 27.1 Å². The van der Waals surface area contributed by atoms with Crippen LogP contribution in [0.4, 0.5) is 22.0 Å². The van der Waals surface area contributed by atoms with Crippen molar-refractivity contribution in [2.24, 2.45) is 5.92 Å². The normalized spacial score (nSPS) is 25.2. The smallest absolute Gasteiger partial charge is 0.382 e. The minimum atomic E-state index is -4.78. The van der Waals surface area contributed by atoms with Gasteiger partial charge in [-0.3, -0.25) is 0 Å². The van der Waals surface area contributed by atoms with E-state index < -0.39 is 35.8 Å². The van der Waals surface area contributed by atoms with Crippen LogP contribution in [0.5, 0.6) is 0 Å². The molecule has 0 aromatic carbocycles. The Morgan fingerprint density at radius 3 is 2.46 bits per heavy atom. The number of alkyl halides is 5. The van der Waals surface area contributed by atoms with Crippen molar-refractivity contribution in [3.8, 4) is 0 Å². The molecule has 0 aliphatic heterocycles. The fourth-order valence-electron chi connectivity index (χ4n) is 3.68.